The fourth-order valence-corrected chi connectivity index (χ4v) is 7.84. The number of benzene rings is 5. The summed E-state index contributed by atoms with van der Waals surface area (Å²) < 4.78 is 24.5. The molecule has 0 fully saturated rings. The minimum absolute atomic E-state index is 0.0817. The van der Waals surface area contributed by atoms with Gasteiger partial charge >= 0.3 is 15.2 Å². The first kappa shape index (κ1) is 33.8. The van der Waals surface area contributed by atoms with Gasteiger partial charge in [0, 0.05) is 43.8 Å². The topological polar surface area (TPSA) is 167 Å². The molecule has 0 aliphatic rings. The van der Waals surface area contributed by atoms with Crippen molar-refractivity contribution in [2.24, 2.45) is 0 Å². The number of nitrogens with zero attached hydrogens (tertiary/aromatic N) is 4. The van der Waals surface area contributed by atoms with E-state index in [9.17, 15) is 28.7 Å². The Labute approximate surface area is 307 Å². The molecule has 12 heteroatoms. The van der Waals surface area contributed by atoms with Gasteiger partial charge in [-0.1, -0.05) is 91.0 Å². The second-order valence-electron chi connectivity index (χ2n) is 13.0. The van der Waals surface area contributed by atoms with Gasteiger partial charge in [-0.2, -0.15) is 0 Å². The summed E-state index contributed by atoms with van der Waals surface area (Å²) in [5, 5.41) is 3.18. The van der Waals surface area contributed by atoms with Gasteiger partial charge in [0.25, 0.3) is 0 Å². The van der Waals surface area contributed by atoms with Crippen molar-refractivity contribution in [3.05, 3.63) is 146 Å². The van der Waals surface area contributed by atoms with Gasteiger partial charge in [-0.25, -0.2) is 19.9 Å². The molecule has 0 aliphatic carbocycles. The van der Waals surface area contributed by atoms with Crippen LogP contribution in [-0.4, -0.2) is 39.5 Å². The van der Waals surface area contributed by atoms with Gasteiger partial charge in [0.2, 0.25) is 0 Å². The Morgan fingerprint density at radius 2 is 0.667 bits per heavy atom. The molecule has 5 aromatic carbocycles. The van der Waals surface area contributed by atoms with Gasteiger partial charge < -0.3 is 19.6 Å². The summed E-state index contributed by atoms with van der Waals surface area (Å²) in [5.74, 6) is 0. The van der Waals surface area contributed by atoms with Crippen LogP contribution in [-0.2, 0) is 9.13 Å². The average molecular weight is 747 g/mol. The third-order valence-corrected chi connectivity index (χ3v) is 11.4. The summed E-state index contributed by atoms with van der Waals surface area (Å²) >= 11 is 0. The van der Waals surface area contributed by atoms with Crippen LogP contribution in [0.3, 0.4) is 0 Å². The maximum absolute atomic E-state index is 12.8. The summed E-state index contributed by atoms with van der Waals surface area (Å²) in [6.07, 6.45) is 0. The SMILES string of the molecule is O=P(O)(O)c1ccc(-c2ccc3ccc4ccc(-c5cc(-c6ccc7ccc8ccc(-c9ccccc9)nc8c7n6)cc(P(=O)(O)O)c5)nc4c3n2)cc1. The average Bonchev–Trinajstić information content (AvgIpc) is 3.19. The molecule has 0 bridgehead atoms. The van der Waals surface area contributed by atoms with Gasteiger partial charge in [-0.15, -0.1) is 0 Å². The Hall–Kier alpha value is -5.96. The first-order valence-electron chi connectivity index (χ1n) is 16.8. The zero-order valence-electron chi connectivity index (χ0n) is 28.1. The molecule has 262 valence electrons. The predicted molar refractivity (Wildman–Crippen MR) is 213 cm³/mol. The molecule has 0 radical (unpaired) electrons. The van der Waals surface area contributed by atoms with E-state index in [0.717, 1.165) is 38.3 Å². The Balaban J connectivity index is 1.18. The van der Waals surface area contributed by atoms with E-state index in [1.807, 2.05) is 103 Å². The monoisotopic (exact) mass is 746 g/mol. The molecule has 4 aromatic heterocycles. The fourth-order valence-electron chi connectivity index (χ4n) is 6.69. The normalized spacial score (nSPS) is 12.2. The number of pyridine rings is 4. The van der Waals surface area contributed by atoms with Gasteiger partial charge in [0.05, 0.1) is 55.5 Å². The van der Waals surface area contributed by atoms with Crippen LogP contribution in [0.1, 0.15) is 0 Å². The summed E-state index contributed by atoms with van der Waals surface area (Å²) in [7, 11) is -9.11. The van der Waals surface area contributed by atoms with Crippen LogP contribution in [0.5, 0.6) is 0 Å². The zero-order valence-corrected chi connectivity index (χ0v) is 29.9. The predicted octanol–water partition coefficient (Wildman–Crippen LogP) is 8.15. The molecule has 9 aromatic rings. The lowest BCUT2D eigenvalue weighted by molar-refractivity contribution is 0.385. The van der Waals surface area contributed by atoms with E-state index >= 15 is 0 Å². The highest BCUT2D eigenvalue weighted by atomic mass is 31.2. The van der Waals surface area contributed by atoms with Crippen LogP contribution in [0.15, 0.2) is 146 Å². The Morgan fingerprint density at radius 1 is 0.333 bits per heavy atom. The van der Waals surface area contributed by atoms with Crippen LogP contribution in [0, 0.1) is 0 Å². The second kappa shape index (κ2) is 12.9. The zero-order chi connectivity index (χ0) is 37.2. The van der Waals surface area contributed by atoms with Crippen molar-refractivity contribution in [2.75, 3.05) is 0 Å². The van der Waals surface area contributed by atoms with Crippen LogP contribution in [0.2, 0.25) is 0 Å². The maximum Gasteiger partial charge on any atom is 0.356 e. The third-order valence-electron chi connectivity index (χ3n) is 9.45. The lowest BCUT2D eigenvalue weighted by Crippen LogP contribution is -2.06. The van der Waals surface area contributed by atoms with Gasteiger partial charge in [-0.3, -0.25) is 9.13 Å². The molecule has 9 rings (SSSR count). The van der Waals surface area contributed by atoms with E-state index in [1.54, 1.807) is 18.2 Å². The highest BCUT2D eigenvalue weighted by molar-refractivity contribution is 7.60. The quantitative estimate of drug-likeness (QED) is 0.0963. The first-order chi connectivity index (χ1) is 26.0. The lowest BCUT2D eigenvalue weighted by atomic mass is 10.0. The van der Waals surface area contributed by atoms with Gasteiger partial charge in [0.15, 0.2) is 0 Å². The molecule has 54 heavy (non-hydrogen) atoms. The molecule has 0 unspecified atom stereocenters. The Kier molecular flexibility index (Phi) is 8.06. The number of hydrogen-bond donors (Lipinski definition) is 4. The molecular weight excluding hydrogens is 718 g/mol. The molecule has 4 N–H and O–H groups in total. The van der Waals surface area contributed by atoms with Crippen LogP contribution in [0.25, 0.3) is 88.6 Å². The summed E-state index contributed by atoms with van der Waals surface area (Å²) in [6, 6.07) is 43.7. The van der Waals surface area contributed by atoms with E-state index in [-0.39, 0.29) is 10.6 Å². The minimum atomic E-state index is -4.71. The molecule has 0 atom stereocenters. The van der Waals surface area contributed by atoms with Crippen molar-refractivity contribution in [3.8, 4) is 45.0 Å². The highest BCUT2D eigenvalue weighted by Gasteiger charge is 2.21. The van der Waals surface area contributed by atoms with Crippen molar-refractivity contribution in [1.82, 2.24) is 19.9 Å². The number of rotatable bonds is 6. The van der Waals surface area contributed by atoms with Crippen LogP contribution >= 0.6 is 15.2 Å². The van der Waals surface area contributed by atoms with E-state index in [0.29, 0.717) is 50.3 Å². The highest BCUT2D eigenvalue weighted by Crippen LogP contribution is 2.38. The first-order valence-corrected chi connectivity index (χ1v) is 20.1. The second-order valence-corrected chi connectivity index (χ2v) is 16.2. The van der Waals surface area contributed by atoms with Crippen molar-refractivity contribution < 1.29 is 28.7 Å². The van der Waals surface area contributed by atoms with Crippen LogP contribution < -0.4 is 10.6 Å². The number of fused-ring (bicyclic) bond motifs is 6. The van der Waals surface area contributed by atoms with Gasteiger partial charge in [-0.05, 0) is 54.6 Å². The molecular formula is C42H28N4O6P2. The van der Waals surface area contributed by atoms with E-state index in [2.05, 4.69) is 0 Å². The Morgan fingerprint density at radius 3 is 1.04 bits per heavy atom. The van der Waals surface area contributed by atoms with Gasteiger partial charge in [0.1, 0.15) is 0 Å². The summed E-state index contributed by atoms with van der Waals surface area (Å²) in [5.41, 5.74) is 7.59. The smallest absolute Gasteiger partial charge is 0.321 e. The standard InChI is InChI=1S/C42H28N4O6P2/c47-53(48,49)33-16-10-26(11-17-33)36-19-13-28-7-9-30-15-21-38(46-42(30)40(28)44-36)32-22-31(23-34(24-32)54(50,51)52)37-20-14-29-8-6-27-12-18-35(25-4-2-1-3-5-25)43-39(27)41(29)45-37/h1-24H,(H2,47,48,49)(H2,50,51,52). The molecule has 0 saturated heterocycles. The molecule has 4 heterocycles. The molecule has 0 aliphatic heterocycles. The molecule has 10 nitrogen and oxygen atoms in total. The molecule has 0 saturated carbocycles. The third kappa shape index (κ3) is 6.27. The van der Waals surface area contributed by atoms with Crippen molar-refractivity contribution in [1.29, 1.82) is 0 Å². The van der Waals surface area contributed by atoms with E-state index in [1.165, 1.54) is 24.3 Å². The largest absolute Gasteiger partial charge is 0.356 e. The van der Waals surface area contributed by atoms with Crippen LogP contribution in [0.4, 0.5) is 0 Å². The minimum Gasteiger partial charge on any atom is -0.321 e. The fraction of sp³-hybridized carbons (Fsp3) is 0. The van der Waals surface area contributed by atoms with Crippen molar-refractivity contribution in [2.45, 2.75) is 0 Å². The maximum atomic E-state index is 12.8. The summed E-state index contributed by atoms with van der Waals surface area (Å²) in [4.78, 5) is 59.8. The molecule has 0 spiro atoms. The van der Waals surface area contributed by atoms with E-state index in [4.69, 9.17) is 19.9 Å². The van der Waals surface area contributed by atoms with Crippen molar-refractivity contribution >= 4 is 69.4 Å². The summed E-state index contributed by atoms with van der Waals surface area (Å²) in [6.45, 7) is 0. The van der Waals surface area contributed by atoms with Crippen molar-refractivity contribution in [3.63, 3.8) is 0 Å². The van der Waals surface area contributed by atoms with E-state index < -0.39 is 15.2 Å². The molecule has 0 amide bonds. The lowest BCUT2D eigenvalue weighted by Gasteiger charge is -2.13. The Bertz CT molecular complexity index is 3060. The number of aromatic nitrogens is 4. The number of hydrogen-bond acceptors (Lipinski definition) is 6.